The standard InChI is InChI=1S/C22H34N2O4/c1-4-27-13-14-28-12-11-23-22(26)20-10-9-19(15-24-20)17-5-7-18(8-6-17)21(25)16(2)3/h9-10,15-18H,4-8,11-14H2,1-3H3,(H,23,26). The van der Waals surface area contributed by atoms with Gasteiger partial charge >= 0.3 is 0 Å². The third kappa shape index (κ3) is 6.99. The minimum atomic E-state index is -0.189. The van der Waals surface area contributed by atoms with Gasteiger partial charge in [0.15, 0.2) is 0 Å². The Morgan fingerprint density at radius 1 is 1.11 bits per heavy atom. The molecule has 1 aromatic heterocycles. The number of ketones is 1. The topological polar surface area (TPSA) is 77.5 Å². The van der Waals surface area contributed by atoms with Gasteiger partial charge in [-0.25, -0.2) is 0 Å². The van der Waals surface area contributed by atoms with Crippen molar-refractivity contribution in [1.29, 1.82) is 0 Å². The second kappa shape index (κ2) is 11.9. The highest BCUT2D eigenvalue weighted by Gasteiger charge is 2.28. The number of pyridine rings is 1. The molecule has 1 saturated carbocycles. The van der Waals surface area contributed by atoms with Crippen molar-refractivity contribution in [3.05, 3.63) is 29.6 Å². The van der Waals surface area contributed by atoms with E-state index in [0.29, 0.717) is 50.4 Å². The van der Waals surface area contributed by atoms with Crippen molar-refractivity contribution in [3.63, 3.8) is 0 Å². The maximum atomic E-state index is 12.2. The molecule has 1 aliphatic rings. The van der Waals surface area contributed by atoms with Gasteiger partial charge in [0.05, 0.1) is 19.8 Å². The van der Waals surface area contributed by atoms with Crippen LogP contribution in [0.15, 0.2) is 18.3 Å². The van der Waals surface area contributed by atoms with Gasteiger partial charge in [-0.15, -0.1) is 0 Å². The highest BCUT2D eigenvalue weighted by Crippen LogP contribution is 2.36. The number of Topliss-reactive ketones (excluding diaryl/α,β-unsaturated/α-hetero) is 1. The van der Waals surface area contributed by atoms with Gasteiger partial charge in [0.25, 0.3) is 5.91 Å². The van der Waals surface area contributed by atoms with Crippen LogP contribution in [0.3, 0.4) is 0 Å². The second-order valence-electron chi connectivity index (χ2n) is 7.65. The van der Waals surface area contributed by atoms with Gasteiger partial charge in [0, 0.05) is 31.2 Å². The average Bonchev–Trinajstić information content (AvgIpc) is 2.72. The van der Waals surface area contributed by atoms with Gasteiger partial charge in [-0.3, -0.25) is 14.6 Å². The molecule has 0 aliphatic heterocycles. The van der Waals surface area contributed by atoms with Crippen LogP contribution in [0, 0.1) is 11.8 Å². The van der Waals surface area contributed by atoms with E-state index in [1.54, 1.807) is 6.07 Å². The van der Waals surface area contributed by atoms with Crippen molar-refractivity contribution in [2.24, 2.45) is 11.8 Å². The lowest BCUT2D eigenvalue weighted by Gasteiger charge is -2.28. The van der Waals surface area contributed by atoms with Crippen molar-refractivity contribution >= 4 is 11.7 Å². The Labute approximate surface area is 168 Å². The van der Waals surface area contributed by atoms with Crippen LogP contribution in [0.1, 0.15) is 68.4 Å². The number of aromatic nitrogens is 1. The Morgan fingerprint density at radius 3 is 2.43 bits per heavy atom. The van der Waals surface area contributed by atoms with Crippen molar-refractivity contribution in [2.45, 2.75) is 52.4 Å². The summed E-state index contributed by atoms with van der Waals surface area (Å²) < 4.78 is 10.6. The second-order valence-corrected chi connectivity index (χ2v) is 7.65. The number of ether oxygens (including phenoxy) is 2. The van der Waals surface area contributed by atoms with E-state index in [2.05, 4.69) is 10.3 Å². The molecule has 1 aliphatic carbocycles. The van der Waals surface area contributed by atoms with Gasteiger partial charge in [0.1, 0.15) is 11.5 Å². The first kappa shape index (κ1) is 22.5. The summed E-state index contributed by atoms with van der Waals surface area (Å²) in [5.74, 6) is 0.970. The van der Waals surface area contributed by atoms with E-state index in [9.17, 15) is 9.59 Å². The van der Waals surface area contributed by atoms with Crippen LogP contribution >= 0.6 is 0 Å². The first-order chi connectivity index (χ1) is 13.5. The molecule has 156 valence electrons. The predicted molar refractivity (Wildman–Crippen MR) is 108 cm³/mol. The van der Waals surface area contributed by atoms with Crippen LogP contribution in [-0.2, 0) is 14.3 Å². The smallest absolute Gasteiger partial charge is 0.269 e. The molecule has 0 saturated heterocycles. The molecule has 1 heterocycles. The van der Waals surface area contributed by atoms with Crippen LogP contribution in [0.4, 0.5) is 0 Å². The van der Waals surface area contributed by atoms with Crippen molar-refractivity contribution in [1.82, 2.24) is 10.3 Å². The van der Waals surface area contributed by atoms with Gasteiger partial charge < -0.3 is 14.8 Å². The lowest BCUT2D eigenvalue weighted by molar-refractivity contribution is -0.126. The van der Waals surface area contributed by atoms with Crippen LogP contribution in [0.25, 0.3) is 0 Å². The highest BCUT2D eigenvalue weighted by atomic mass is 16.5. The average molecular weight is 391 g/mol. The van der Waals surface area contributed by atoms with Crippen LogP contribution in [0.2, 0.25) is 0 Å². The minimum Gasteiger partial charge on any atom is -0.379 e. The fraction of sp³-hybridized carbons (Fsp3) is 0.682. The monoisotopic (exact) mass is 390 g/mol. The third-order valence-electron chi connectivity index (χ3n) is 5.30. The summed E-state index contributed by atoms with van der Waals surface area (Å²) in [5.41, 5.74) is 1.58. The number of carbonyl (C=O) groups excluding carboxylic acids is 2. The molecule has 0 radical (unpaired) electrons. The van der Waals surface area contributed by atoms with E-state index in [1.165, 1.54) is 0 Å². The van der Waals surface area contributed by atoms with E-state index < -0.39 is 0 Å². The fourth-order valence-corrected chi connectivity index (χ4v) is 3.66. The predicted octanol–water partition coefficient (Wildman–Crippen LogP) is 3.36. The molecular formula is C22H34N2O4. The molecule has 0 atom stereocenters. The largest absolute Gasteiger partial charge is 0.379 e. The Kier molecular flexibility index (Phi) is 9.58. The molecule has 0 bridgehead atoms. The third-order valence-corrected chi connectivity index (χ3v) is 5.30. The van der Waals surface area contributed by atoms with E-state index in [1.807, 2.05) is 33.0 Å². The Hall–Kier alpha value is -1.79. The summed E-state index contributed by atoms with van der Waals surface area (Å²) in [5, 5.41) is 2.81. The van der Waals surface area contributed by atoms with Crippen LogP contribution in [0.5, 0.6) is 0 Å². The molecule has 2 rings (SSSR count). The molecule has 6 nitrogen and oxygen atoms in total. The van der Waals surface area contributed by atoms with E-state index in [0.717, 1.165) is 31.2 Å². The van der Waals surface area contributed by atoms with Crippen LogP contribution < -0.4 is 5.32 Å². The zero-order valence-electron chi connectivity index (χ0n) is 17.4. The summed E-state index contributed by atoms with van der Waals surface area (Å²) in [4.78, 5) is 28.7. The quantitative estimate of drug-likeness (QED) is 0.586. The number of carbonyl (C=O) groups is 2. The summed E-state index contributed by atoms with van der Waals surface area (Å²) in [6, 6.07) is 3.78. The lowest BCUT2D eigenvalue weighted by Crippen LogP contribution is -2.28. The summed E-state index contributed by atoms with van der Waals surface area (Å²) in [6.45, 7) is 8.58. The molecule has 28 heavy (non-hydrogen) atoms. The summed E-state index contributed by atoms with van der Waals surface area (Å²) in [6.07, 6.45) is 5.73. The highest BCUT2D eigenvalue weighted by molar-refractivity contribution is 5.92. The summed E-state index contributed by atoms with van der Waals surface area (Å²) >= 11 is 0. The lowest BCUT2D eigenvalue weighted by atomic mass is 9.76. The number of rotatable bonds is 11. The Bertz CT molecular complexity index is 607. The zero-order valence-corrected chi connectivity index (χ0v) is 17.4. The molecule has 1 aromatic rings. The Morgan fingerprint density at radius 2 is 1.82 bits per heavy atom. The van der Waals surface area contributed by atoms with Crippen LogP contribution in [-0.4, -0.2) is 49.6 Å². The molecule has 0 aromatic carbocycles. The van der Waals surface area contributed by atoms with Gasteiger partial charge in [-0.05, 0) is 50.2 Å². The normalized spacial score (nSPS) is 19.6. The number of nitrogens with one attached hydrogen (secondary N) is 1. The number of hydrogen-bond acceptors (Lipinski definition) is 5. The van der Waals surface area contributed by atoms with Gasteiger partial charge in [-0.2, -0.15) is 0 Å². The van der Waals surface area contributed by atoms with Gasteiger partial charge in [0.2, 0.25) is 0 Å². The Balaban J connectivity index is 1.73. The van der Waals surface area contributed by atoms with E-state index in [-0.39, 0.29) is 17.7 Å². The van der Waals surface area contributed by atoms with Gasteiger partial charge in [-0.1, -0.05) is 19.9 Å². The maximum absolute atomic E-state index is 12.2. The maximum Gasteiger partial charge on any atom is 0.269 e. The van der Waals surface area contributed by atoms with E-state index >= 15 is 0 Å². The molecule has 0 spiro atoms. The molecule has 1 N–H and O–H groups in total. The fourth-order valence-electron chi connectivity index (χ4n) is 3.66. The molecule has 1 amide bonds. The molecule has 1 fully saturated rings. The van der Waals surface area contributed by atoms with Crippen molar-refractivity contribution in [3.8, 4) is 0 Å². The number of amides is 1. The van der Waals surface area contributed by atoms with Crippen molar-refractivity contribution in [2.75, 3.05) is 33.0 Å². The molecule has 6 heteroatoms. The minimum absolute atomic E-state index is 0.121. The van der Waals surface area contributed by atoms with Crippen molar-refractivity contribution < 1.29 is 19.1 Å². The number of hydrogen-bond donors (Lipinski definition) is 1. The SMILES string of the molecule is CCOCCOCCNC(=O)c1ccc(C2CCC(C(=O)C(C)C)CC2)cn1. The molecular weight excluding hydrogens is 356 g/mol. The first-order valence-corrected chi connectivity index (χ1v) is 10.5. The zero-order chi connectivity index (χ0) is 20.4. The first-order valence-electron chi connectivity index (χ1n) is 10.5. The molecule has 0 unspecified atom stereocenters. The summed E-state index contributed by atoms with van der Waals surface area (Å²) in [7, 11) is 0. The van der Waals surface area contributed by atoms with E-state index in [4.69, 9.17) is 9.47 Å². The number of nitrogens with zero attached hydrogens (tertiary/aromatic N) is 1.